The van der Waals surface area contributed by atoms with Crippen LogP contribution >= 0.6 is 0 Å². The minimum Gasteiger partial charge on any atom is -0.385 e. The Balaban J connectivity index is 2.08. The maximum absolute atomic E-state index is 11.9. The van der Waals surface area contributed by atoms with E-state index in [9.17, 15) is 4.79 Å². The molecule has 0 spiro atoms. The van der Waals surface area contributed by atoms with Crippen LogP contribution in [-0.2, 0) is 9.53 Å². The van der Waals surface area contributed by atoms with Crippen molar-refractivity contribution in [2.75, 3.05) is 26.8 Å². The van der Waals surface area contributed by atoms with Gasteiger partial charge in [0.25, 0.3) is 0 Å². The Morgan fingerprint density at radius 3 is 2.59 bits per heavy atom. The summed E-state index contributed by atoms with van der Waals surface area (Å²) in [6.45, 7) is 2.32. The number of ether oxygens (including phenoxy) is 1. The van der Waals surface area contributed by atoms with Crippen LogP contribution in [-0.4, -0.2) is 32.7 Å². The summed E-state index contributed by atoms with van der Waals surface area (Å²) in [5, 5.41) is 3.02. The Kier molecular flexibility index (Phi) is 7.21. The molecule has 1 fully saturated rings. The van der Waals surface area contributed by atoms with E-state index >= 15 is 0 Å². The molecule has 0 aliphatic heterocycles. The van der Waals surface area contributed by atoms with Crippen LogP contribution in [0, 0.1) is 11.8 Å². The summed E-state index contributed by atoms with van der Waals surface area (Å²) in [6, 6.07) is 0. The number of carbonyl (C=O) groups is 1. The molecule has 4 heteroatoms. The van der Waals surface area contributed by atoms with Crippen LogP contribution in [0.1, 0.15) is 38.5 Å². The van der Waals surface area contributed by atoms with Crippen LogP contribution in [0.3, 0.4) is 0 Å². The fourth-order valence-corrected chi connectivity index (χ4v) is 2.39. The number of amides is 1. The zero-order valence-corrected chi connectivity index (χ0v) is 10.9. The molecule has 0 radical (unpaired) electrons. The molecule has 0 bridgehead atoms. The first kappa shape index (κ1) is 14.5. The van der Waals surface area contributed by atoms with Crippen molar-refractivity contribution in [2.45, 2.75) is 38.5 Å². The molecule has 0 aromatic carbocycles. The summed E-state index contributed by atoms with van der Waals surface area (Å²) in [5.74, 6) is 1.10. The smallest absolute Gasteiger partial charge is 0.223 e. The highest BCUT2D eigenvalue weighted by Crippen LogP contribution is 2.28. The molecular weight excluding hydrogens is 216 g/mol. The van der Waals surface area contributed by atoms with E-state index in [1.165, 1.54) is 0 Å². The number of unbranched alkanes of at least 4 members (excludes halogenated alkanes) is 1. The Labute approximate surface area is 104 Å². The number of nitrogens with one attached hydrogen (secondary N) is 1. The molecule has 1 aliphatic carbocycles. The Morgan fingerprint density at radius 2 is 2.00 bits per heavy atom. The third-order valence-corrected chi connectivity index (χ3v) is 3.63. The van der Waals surface area contributed by atoms with Crippen LogP contribution in [0.4, 0.5) is 0 Å². The van der Waals surface area contributed by atoms with Gasteiger partial charge in [0, 0.05) is 26.2 Å². The molecule has 4 nitrogen and oxygen atoms in total. The van der Waals surface area contributed by atoms with Gasteiger partial charge in [0.2, 0.25) is 5.91 Å². The van der Waals surface area contributed by atoms with E-state index in [0.29, 0.717) is 5.92 Å². The second-order valence-electron chi connectivity index (χ2n) is 4.94. The molecule has 0 unspecified atom stereocenters. The summed E-state index contributed by atoms with van der Waals surface area (Å²) in [6.07, 6.45) is 6.24. The van der Waals surface area contributed by atoms with E-state index in [1.54, 1.807) is 7.11 Å². The topological polar surface area (TPSA) is 64.3 Å². The van der Waals surface area contributed by atoms with Gasteiger partial charge in [-0.15, -0.1) is 0 Å². The largest absolute Gasteiger partial charge is 0.385 e. The highest BCUT2D eigenvalue weighted by molar-refractivity contribution is 5.78. The van der Waals surface area contributed by atoms with E-state index < -0.39 is 0 Å². The second kappa shape index (κ2) is 8.48. The van der Waals surface area contributed by atoms with Crippen molar-refractivity contribution < 1.29 is 9.53 Å². The van der Waals surface area contributed by atoms with E-state index in [0.717, 1.165) is 58.2 Å². The van der Waals surface area contributed by atoms with Crippen molar-refractivity contribution in [3.8, 4) is 0 Å². The molecule has 0 heterocycles. The minimum atomic E-state index is 0.222. The predicted molar refractivity (Wildman–Crippen MR) is 68.6 cm³/mol. The maximum Gasteiger partial charge on any atom is 0.223 e. The van der Waals surface area contributed by atoms with Gasteiger partial charge in [-0.05, 0) is 51.0 Å². The highest BCUT2D eigenvalue weighted by Gasteiger charge is 2.25. The van der Waals surface area contributed by atoms with Crippen molar-refractivity contribution in [1.29, 1.82) is 0 Å². The van der Waals surface area contributed by atoms with Crippen LogP contribution in [0.5, 0.6) is 0 Å². The molecule has 1 rings (SSSR count). The highest BCUT2D eigenvalue weighted by atomic mass is 16.5. The van der Waals surface area contributed by atoms with Crippen LogP contribution < -0.4 is 11.1 Å². The summed E-state index contributed by atoms with van der Waals surface area (Å²) in [4.78, 5) is 11.9. The molecule has 1 saturated carbocycles. The van der Waals surface area contributed by atoms with Gasteiger partial charge in [0.15, 0.2) is 0 Å². The van der Waals surface area contributed by atoms with Gasteiger partial charge in [-0.25, -0.2) is 0 Å². The second-order valence-corrected chi connectivity index (χ2v) is 4.94. The Morgan fingerprint density at radius 1 is 1.29 bits per heavy atom. The average Bonchev–Trinajstić information content (AvgIpc) is 2.38. The number of hydrogen-bond donors (Lipinski definition) is 2. The minimum absolute atomic E-state index is 0.222. The van der Waals surface area contributed by atoms with E-state index in [2.05, 4.69) is 5.32 Å². The van der Waals surface area contributed by atoms with Crippen LogP contribution in [0.25, 0.3) is 0 Å². The summed E-state index contributed by atoms with van der Waals surface area (Å²) >= 11 is 0. The first-order valence-electron chi connectivity index (χ1n) is 6.74. The summed E-state index contributed by atoms with van der Waals surface area (Å²) < 4.78 is 4.96. The molecule has 0 aromatic heterocycles. The Bertz CT molecular complexity index is 213. The molecule has 3 N–H and O–H groups in total. The predicted octanol–water partition coefficient (Wildman–Crippen LogP) is 1.29. The van der Waals surface area contributed by atoms with Gasteiger partial charge in [-0.2, -0.15) is 0 Å². The molecule has 0 saturated heterocycles. The third-order valence-electron chi connectivity index (χ3n) is 3.63. The zero-order chi connectivity index (χ0) is 12.5. The van der Waals surface area contributed by atoms with Gasteiger partial charge in [0.1, 0.15) is 0 Å². The molecule has 1 amide bonds. The maximum atomic E-state index is 11.9. The number of nitrogens with two attached hydrogens (primary N) is 1. The molecule has 0 atom stereocenters. The first-order chi connectivity index (χ1) is 8.27. The van der Waals surface area contributed by atoms with Crippen molar-refractivity contribution >= 4 is 5.91 Å². The summed E-state index contributed by atoms with van der Waals surface area (Å²) in [5.41, 5.74) is 5.64. The van der Waals surface area contributed by atoms with Crippen LogP contribution in [0.15, 0.2) is 0 Å². The van der Waals surface area contributed by atoms with Crippen molar-refractivity contribution in [3.63, 3.8) is 0 Å². The zero-order valence-electron chi connectivity index (χ0n) is 10.9. The van der Waals surface area contributed by atoms with Crippen LogP contribution in [0.2, 0.25) is 0 Å². The summed E-state index contributed by atoms with van der Waals surface area (Å²) in [7, 11) is 1.70. The normalized spacial score (nSPS) is 24.6. The quantitative estimate of drug-likeness (QED) is 0.661. The van der Waals surface area contributed by atoms with Crippen molar-refractivity contribution in [3.05, 3.63) is 0 Å². The van der Waals surface area contributed by atoms with Gasteiger partial charge in [-0.1, -0.05) is 0 Å². The third kappa shape index (κ3) is 5.50. The van der Waals surface area contributed by atoms with Gasteiger partial charge >= 0.3 is 0 Å². The number of hydrogen-bond acceptors (Lipinski definition) is 3. The van der Waals surface area contributed by atoms with Gasteiger partial charge in [0.05, 0.1) is 0 Å². The molecular formula is C13H26N2O2. The molecule has 17 heavy (non-hydrogen) atoms. The van der Waals surface area contributed by atoms with Gasteiger partial charge in [-0.3, -0.25) is 4.79 Å². The van der Waals surface area contributed by atoms with Gasteiger partial charge < -0.3 is 15.8 Å². The van der Waals surface area contributed by atoms with E-state index in [1.807, 2.05) is 0 Å². The molecule has 1 aliphatic rings. The average molecular weight is 242 g/mol. The Hall–Kier alpha value is -0.610. The lowest BCUT2D eigenvalue weighted by atomic mass is 9.81. The monoisotopic (exact) mass is 242 g/mol. The molecule has 0 aromatic rings. The lowest BCUT2D eigenvalue weighted by molar-refractivity contribution is -0.126. The van der Waals surface area contributed by atoms with E-state index in [4.69, 9.17) is 10.5 Å². The SMILES string of the molecule is COCCCCNC(=O)C1CCC(CN)CC1. The number of methoxy groups -OCH3 is 1. The number of carbonyl (C=O) groups excluding carboxylic acids is 1. The number of rotatable bonds is 7. The van der Waals surface area contributed by atoms with Crippen molar-refractivity contribution in [1.82, 2.24) is 5.32 Å². The first-order valence-corrected chi connectivity index (χ1v) is 6.74. The lowest BCUT2D eigenvalue weighted by Gasteiger charge is -2.26. The molecule has 100 valence electrons. The fraction of sp³-hybridized carbons (Fsp3) is 0.923. The van der Waals surface area contributed by atoms with E-state index in [-0.39, 0.29) is 11.8 Å². The fourth-order valence-electron chi connectivity index (χ4n) is 2.39. The lowest BCUT2D eigenvalue weighted by Crippen LogP contribution is -2.34. The van der Waals surface area contributed by atoms with Crippen molar-refractivity contribution in [2.24, 2.45) is 17.6 Å². The standard InChI is InChI=1S/C13H26N2O2/c1-17-9-3-2-8-15-13(16)12-6-4-11(10-14)5-7-12/h11-12H,2-10,14H2,1H3,(H,15,16).